The van der Waals surface area contributed by atoms with Crippen LogP contribution in [0.4, 0.5) is 0 Å². The minimum absolute atomic E-state index is 0.0145. The zero-order valence-electron chi connectivity index (χ0n) is 16.3. The Morgan fingerprint density at radius 3 is 2.65 bits per heavy atom. The van der Waals surface area contributed by atoms with Gasteiger partial charge >= 0.3 is 5.97 Å². The van der Waals surface area contributed by atoms with Gasteiger partial charge < -0.3 is 15.2 Å². The van der Waals surface area contributed by atoms with E-state index in [0.717, 1.165) is 25.8 Å². The van der Waals surface area contributed by atoms with Crippen LogP contribution >= 0.6 is 0 Å². The van der Waals surface area contributed by atoms with Crippen molar-refractivity contribution in [1.82, 2.24) is 5.32 Å². The number of nitrogens with one attached hydrogen (secondary N) is 1. The van der Waals surface area contributed by atoms with Gasteiger partial charge in [0.05, 0.1) is 6.10 Å². The van der Waals surface area contributed by atoms with Crippen molar-refractivity contribution in [2.24, 2.45) is 10.8 Å². The summed E-state index contributed by atoms with van der Waals surface area (Å²) in [5.41, 5.74) is 0.728. The number of benzene rings is 1. The predicted octanol–water partition coefficient (Wildman–Crippen LogP) is 3.35. The lowest BCUT2D eigenvalue weighted by Crippen LogP contribution is -2.44. The molecule has 5 nitrogen and oxygen atoms in total. The van der Waals surface area contributed by atoms with Crippen LogP contribution in [0.1, 0.15) is 63.7 Å². The molecule has 2 N–H and O–H groups in total. The molecule has 0 aliphatic heterocycles. The van der Waals surface area contributed by atoms with Crippen molar-refractivity contribution in [3.05, 3.63) is 29.8 Å². The molecule has 2 atom stereocenters. The minimum Gasteiger partial charge on any atom is -0.427 e. The number of aliphatic hydroxyl groups excluding tert-OH is 1. The average Bonchev–Trinajstić information content (AvgIpc) is 2.48. The van der Waals surface area contributed by atoms with E-state index in [1.165, 1.54) is 6.92 Å². The van der Waals surface area contributed by atoms with Crippen LogP contribution in [0, 0.1) is 10.8 Å². The first-order valence-corrected chi connectivity index (χ1v) is 9.29. The first-order chi connectivity index (χ1) is 12.1. The largest absolute Gasteiger partial charge is 0.427 e. The Morgan fingerprint density at radius 2 is 2.00 bits per heavy atom. The van der Waals surface area contributed by atoms with Gasteiger partial charge in [-0.25, -0.2) is 0 Å². The number of carbonyl (C=O) groups is 2. The van der Waals surface area contributed by atoms with E-state index < -0.39 is 5.97 Å². The van der Waals surface area contributed by atoms with Crippen molar-refractivity contribution in [3.63, 3.8) is 0 Å². The van der Waals surface area contributed by atoms with Crippen molar-refractivity contribution in [3.8, 4) is 5.75 Å². The van der Waals surface area contributed by atoms with Gasteiger partial charge in [-0.1, -0.05) is 32.9 Å². The lowest BCUT2D eigenvalue weighted by molar-refractivity contribution is -0.131. The third-order valence-electron chi connectivity index (χ3n) is 4.92. The highest BCUT2D eigenvalue weighted by molar-refractivity contribution is 5.96. The third-order valence-corrected chi connectivity index (χ3v) is 4.92. The highest BCUT2D eigenvalue weighted by Crippen LogP contribution is 2.45. The number of hydrogen-bond acceptors (Lipinski definition) is 5. The molecule has 0 aromatic heterocycles. The van der Waals surface area contributed by atoms with Gasteiger partial charge in [0, 0.05) is 32.0 Å². The monoisotopic (exact) mass is 361 g/mol. The second-order valence-corrected chi connectivity index (χ2v) is 8.69. The average molecular weight is 361 g/mol. The number of hydrogen-bond donors (Lipinski definition) is 2. The van der Waals surface area contributed by atoms with Crippen LogP contribution in [0.3, 0.4) is 0 Å². The Bertz CT molecular complexity index is 655. The minimum atomic E-state index is -0.401. The van der Waals surface area contributed by atoms with Crippen LogP contribution < -0.4 is 10.1 Å². The molecule has 144 valence electrons. The fourth-order valence-electron chi connectivity index (χ4n) is 4.35. The van der Waals surface area contributed by atoms with E-state index in [-0.39, 0.29) is 22.7 Å². The summed E-state index contributed by atoms with van der Waals surface area (Å²) in [6, 6.07) is 6.71. The zero-order chi connectivity index (χ0) is 19.4. The Morgan fingerprint density at radius 1 is 1.27 bits per heavy atom. The summed E-state index contributed by atoms with van der Waals surface area (Å²) in [6.45, 7) is 9.31. The van der Waals surface area contributed by atoms with Crippen LogP contribution in [-0.2, 0) is 4.79 Å². The number of aliphatic hydroxyl groups is 1. The molecular formula is C21H31NO4. The van der Waals surface area contributed by atoms with Gasteiger partial charge in [0.1, 0.15) is 5.75 Å². The molecule has 0 radical (unpaired) electrons. The van der Waals surface area contributed by atoms with Crippen LogP contribution in [-0.4, -0.2) is 36.1 Å². The van der Waals surface area contributed by atoms with Gasteiger partial charge in [-0.15, -0.1) is 0 Å². The van der Waals surface area contributed by atoms with E-state index in [0.29, 0.717) is 24.3 Å². The zero-order valence-corrected chi connectivity index (χ0v) is 16.3. The molecule has 0 amide bonds. The lowest BCUT2D eigenvalue weighted by Gasteiger charge is -2.45. The Kier molecular flexibility index (Phi) is 6.58. The van der Waals surface area contributed by atoms with E-state index in [4.69, 9.17) is 4.74 Å². The summed E-state index contributed by atoms with van der Waals surface area (Å²) in [5.74, 6) is 0.00464. The molecule has 2 unspecified atom stereocenters. The molecule has 5 heteroatoms. The molecule has 1 aliphatic rings. The first-order valence-electron chi connectivity index (χ1n) is 9.29. The number of ether oxygens (including phenoxy) is 1. The van der Waals surface area contributed by atoms with Crippen molar-refractivity contribution in [1.29, 1.82) is 0 Å². The van der Waals surface area contributed by atoms with Gasteiger partial charge in [-0.2, -0.15) is 0 Å². The number of rotatable bonds is 7. The molecule has 0 spiro atoms. The van der Waals surface area contributed by atoms with Crippen LogP contribution in [0.15, 0.2) is 24.3 Å². The third kappa shape index (κ3) is 6.22. The second kappa shape index (κ2) is 8.31. The summed E-state index contributed by atoms with van der Waals surface area (Å²) in [6.07, 6.45) is 2.83. The topological polar surface area (TPSA) is 75.6 Å². The smallest absolute Gasteiger partial charge is 0.308 e. The van der Waals surface area contributed by atoms with Gasteiger partial charge in [-0.05, 0) is 42.2 Å². The maximum absolute atomic E-state index is 12.3. The van der Waals surface area contributed by atoms with Crippen LogP contribution in [0.2, 0.25) is 0 Å². The summed E-state index contributed by atoms with van der Waals surface area (Å²) < 4.78 is 5.02. The van der Waals surface area contributed by atoms with Gasteiger partial charge in [0.15, 0.2) is 5.78 Å². The highest BCUT2D eigenvalue weighted by atomic mass is 16.5. The summed E-state index contributed by atoms with van der Waals surface area (Å²) in [5, 5.41) is 13.5. The number of esters is 1. The fraction of sp³-hybridized carbons (Fsp3) is 0.619. The molecule has 1 saturated carbocycles. The summed E-state index contributed by atoms with van der Waals surface area (Å²) in [4.78, 5) is 23.4. The normalized spacial score (nSPS) is 24.9. The number of carbonyl (C=O) groups excluding carboxylic acids is 2. The Balaban J connectivity index is 1.82. The van der Waals surface area contributed by atoms with E-state index in [9.17, 15) is 14.7 Å². The number of Topliss-reactive ketones (excluding diaryl/α,β-unsaturated/α-hetero) is 1. The van der Waals surface area contributed by atoms with Gasteiger partial charge in [0.25, 0.3) is 0 Å². The molecule has 26 heavy (non-hydrogen) atoms. The van der Waals surface area contributed by atoms with Crippen molar-refractivity contribution in [2.75, 3.05) is 13.1 Å². The van der Waals surface area contributed by atoms with E-state index in [2.05, 4.69) is 26.1 Å². The van der Waals surface area contributed by atoms with E-state index in [1.807, 2.05) is 0 Å². The molecular weight excluding hydrogens is 330 g/mol. The van der Waals surface area contributed by atoms with Gasteiger partial charge in [-0.3, -0.25) is 9.59 Å². The second-order valence-electron chi connectivity index (χ2n) is 8.69. The standard InChI is InChI=1S/C21H31NO4/c1-15(23)26-18-7-5-6-16(10-18)19(25)8-9-22-14-21(4)12-17(24)11-20(2,3)13-21/h5-7,10,17,22,24H,8-9,11-14H2,1-4H3. The summed E-state index contributed by atoms with van der Waals surface area (Å²) >= 11 is 0. The van der Waals surface area contributed by atoms with Gasteiger partial charge in [0.2, 0.25) is 0 Å². The molecule has 1 aromatic rings. The molecule has 1 aromatic carbocycles. The maximum atomic E-state index is 12.3. The molecule has 1 aliphatic carbocycles. The maximum Gasteiger partial charge on any atom is 0.308 e. The SMILES string of the molecule is CC(=O)Oc1cccc(C(=O)CCNCC2(C)CC(O)CC(C)(C)C2)c1. The molecule has 0 heterocycles. The summed E-state index contributed by atoms with van der Waals surface area (Å²) in [7, 11) is 0. The Hall–Kier alpha value is -1.72. The van der Waals surface area contributed by atoms with Crippen molar-refractivity contribution in [2.45, 2.75) is 59.5 Å². The van der Waals surface area contributed by atoms with Crippen molar-refractivity contribution >= 4 is 11.8 Å². The van der Waals surface area contributed by atoms with E-state index >= 15 is 0 Å². The number of ketones is 1. The van der Waals surface area contributed by atoms with Crippen molar-refractivity contribution < 1.29 is 19.4 Å². The molecule has 1 fully saturated rings. The highest BCUT2D eigenvalue weighted by Gasteiger charge is 2.40. The molecule has 0 saturated heterocycles. The molecule has 0 bridgehead atoms. The fourth-order valence-corrected chi connectivity index (χ4v) is 4.35. The van der Waals surface area contributed by atoms with Crippen LogP contribution in [0.25, 0.3) is 0 Å². The predicted molar refractivity (Wildman–Crippen MR) is 101 cm³/mol. The van der Waals surface area contributed by atoms with E-state index in [1.54, 1.807) is 24.3 Å². The molecule has 2 rings (SSSR count). The lowest BCUT2D eigenvalue weighted by atomic mass is 9.63. The Labute approximate surface area is 156 Å². The quantitative estimate of drug-likeness (QED) is 0.337. The first kappa shape index (κ1) is 20.6. The van der Waals surface area contributed by atoms with Crippen LogP contribution in [0.5, 0.6) is 5.75 Å².